The van der Waals surface area contributed by atoms with Crippen LogP contribution in [0.3, 0.4) is 0 Å². The summed E-state index contributed by atoms with van der Waals surface area (Å²) in [7, 11) is 0.199. The van der Waals surface area contributed by atoms with Gasteiger partial charge in [-0.25, -0.2) is 8.42 Å². The molecule has 2 aromatic carbocycles. The molecule has 4 aromatic rings. The maximum absolute atomic E-state index is 13.0. The summed E-state index contributed by atoms with van der Waals surface area (Å²) in [5, 5.41) is 9.16. The Kier molecular flexibility index (Phi) is 5.56. The smallest absolute Gasteiger partial charge is 0.258 e. The number of anilines is 1. The second kappa shape index (κ2) is 8.43. The molecule has 8 heteroatoms. The van der Waals surface area contributed by atoms with Gasteiger partial charge in [0.1, 0.15) is 0 Å². The van der Waals surface area contributed by atoms with E-state index in [9.17, 15) is 13.2 Å². The fourth-order valence-electron chi connectivity index (χ4n) is 4.27. The van der Waals surface area contributed by atoms with Crippen LogP contribution in [0.4, 0.5) is 5.69 Å². The minimum Gasteiger partial charge on any atom is -0.384 e. The van der Waals surface area contributed by atoms with E-state index in [1.807, 2.05) is 37.5 Å². The molecule has 2 aromatic heterocycles. The predicted octanol–water partition coefficient (Wildman–Crippen LogP) is 4.22. The summed E-state index contributed by atoms with van der Waals surface area (Å²) in [4.78, 5) is 13.3. The molecular formula is C26H28N4O3S. The van der Waals surface area contributed by atoms with Crippen molar-refractivity contribution < 1.29 is 8.42 Å². The Morgan fingerprint density at radius 1 is 1.00 bits per heavy atom. The van der Waals surface area contributed by atoms with Crippen LogP contribution in [0.15, 0.2) is 64.7 Å². The third kappa shape index (κ3) is 4.14. The van der Waals surface area contributed by atoms with Crippen molar-refractivity contribution in [2.24, 2.45) is 20.0 Å². The molecule has 34 heavy (non-hydrogen) atoms. The van der Waals surface area contributed by atoms with E-state index in [4.69, 9.17) is 0 Å². The Morgan fingerprint density at radius 2 is 1.79 bits per heavy atom. The zero-order valence-electron chi connectivity index (χ0n) is 19.6. The number of nitrogens with one attached hydrogen (secondary N) is 1. The molecule has 5 rings (SSSR count). The summed E-state index contributed by atoms with van der Waals surface area (Å²) in [6.07, 6.45) is 7.94. The second-order valence-corrected chi connectivity index (χ2v) is 11.3. The monoisotopic (exact) mass is 476 g/mol. The van der Waals surface area contributed by atoms with Crippen molar-refractivity contribution in [3.63, 3.8) is 0 Å². The molecule has 1 fully saturated rings. The molecule has 7 nitrogen and oxygen atoms in total. The van der Waals surface area contributed by atoms with Crippen molar-refractivity contribution in [2.45, 2.75) is 24.7 Å². The Labute approximate surface area is 199 Å². The van der Waals surface area contributed by atoms with Gasteiger partial charge in [0.2, 0.25) is 0 Å². The SMILES string of the molecule is CCS(=O)(=O)c1ccc(NCC2CC2)c(-c2cn(C)c(=O)c3ccc(-c4cnn(C)c4)cc23)c1. The van der Waals surface area contributed by atoms with Crippen LogP contribution < -0.4 is 10.9 Å². The number of pyridine rings is 1. The molecule has 1 aliphatic carbocycles. The number of aromatic nitrogens is 3. The molecule has 0 spiro atoms. The lowest BCUT2D eigenvalue weighted by Crippen LogP contribution is -2.17. The van der Waals surface area contributed by atoms with E-state index in [2.05, 4.69) is 10.4 Å². The van der Waals surface area contributed by atoms with Crippen LogP contribution in [0.25, 0.3) is 33.0 Å². The number of nitrogens with zero attached hydrogens (tertiary/aromatic N) is 3. The van der Waals surface area contributed by atoms with Gasteiger partial charge in [0.05, 0.1) is 16.8 Å². The van der Waals surface area contributed by atoms with Crippen molar-refractivity contribution in [3.8, 4) is 22.3 Å². The first kappa shape index (κ1) is 22.4. The highest BCUT2D eigenvalue weighted by Gasteiger charge is 2.23. The second-order valence-electron chi connectivity index (χ2n) is 9.06. The fraction of sp³-hybridized carbons (Fsp3) is 0.308. The Bertz CT molecular complexity index is 1560. The standard InChI is InChI=1S/C26H28N4O3S/c1-4-34(32,33)20-8-10-25(27-13-17-5-6-17)23(12-20)24-16-29(2)26(31)21-9-7-18(11-22(21)24)19-14-28-30(3)15-19/h7-12,14-17,27H,4-6,13H2,1-3H3. The van der Waals surface area contributed by atoms with Gasteiger partial charge in [0.15, 0.2) is 9.84 Å². The Hall–Kier alpha value is -3.39. The molecule has 0 atom stereocenters. The van der Waals surface area contributed by atoms with E-state index in [-0.39, 0.29) is 16.2 Å². The molecule has 0 aliphatic heterocycles. The largest absolute Gasteiger partial charge is 0.384 e. The van der Waals surface area contributed by atoms with Crippen LogP contribution in [0.2, 0.25) is 0 Å². The molecule has 1 saturated carbocycles. The Morgan fingerprint density at radius 3 is 2.47 bits per heavy atom. The van der Waals surface area contributed by atoms with E-state index < -0.39 is 9.84 Å². The number of hydrogen-bond acceptors (Lipinski definition) is 5. The molecule has 0 bridgehead atoms. The first-order valence-electron chi connectivity index (χ1n) is 11.5. The highest BCUT2D eigenvalue weighted by molar-refractivity contribution is 7.91. The van der Waals surface area contributed by atoms with Crippen LogP contribution in [-0.2, 0) is 23.9 Å². The first-order valence-corrected chi connectivity index (χ1v) is 13.2. The first-order chi connectivity index (χ1) is 16.3. The van der Waals surface area contributed by atoms with Crippen LogP contribution in [0.1, 0.15) is 19.8 Å². The number of fused-ring (bicyclic) bond motifs is 1. The van der Waals surface area contributed by atoms with Gasteiger partial charge in [0.25, 0.3) is 5.56 Å². The zero-order chi connectivity index (χ0) is 24.0. The molecule has 0 amide bonds. The van der Waals surface area contributed by atoms with E-state index in [0.717, 1.165) is 39.9 Å². The van der Waals surface area contributed by atoms with Crippen molar-refractivity contribution in [2.75, 3.05) is 17.6 Å². The number of aryl methyl sites for hydroxylation is 2. The van der Waals surface area contributed by atoms with Gasteiger partial charge in [-0.1, -0.05) is 13.0 Å². The van der Waals surface area contributed by atoms with Gasteiger partial charge in [-0.15, -0.1) is 0 Å². The molecule has 176 valence electrons. The third-order valence-electron chi connectivity index (χ3n) is 6.52. The normalized spacial score (nSPS) is 14.0. The predicted molar refractivity (Wildman–Crippen MR) is 136 cm³/mol. The highest BCUT2D eigenvalue weighted by Crippen LogP contribution is 2.37. The van der Waals surface area contributed by atoms with Gasteiger partial charge in [-0.05, 0) is 60.0 Å². The van der Waals surface area contributed by atoms with Crippen LogP contribution in [0, 0.1) is 5.92 Å². The van der Waals surface area contributed by atoms with Gasteiger partial charge >= 0.3 is 0 Å². The number of benzene rings is 2. The van der Waals surface area contributed by atoms with Gasteiger partial charge in [-0.3, -0.25) is 9.48 Å². The fourth-order valence-corrected chi connectivity index (χ4v) is 5.17. The zero-order valence-corrected chi connectivity index (χ0v) is 20.4. The molecule has 0 unspecified atom stereocenters. The number of rotatable bonds is 7. The van der Waals surface area contributed by atoms with Crippen molar-refractivity contribution >= 4 is 26.3 Å². The molecule has 1 aliphatic rings. The Balaban J connectivity index is 1.76. The minimum absolute atomic E-state index is 0.0282. The van der Waals surface area contributed by atoms with E-state index in [0.29, 0.717) is 11.3 Å². The summed E-state index contributed by atoms with van der Waals surface area (Å²) in [5.74, 6) is 0.682. The van der Waals surface area contributed by atoms with E-state index in [1.165, 1.54) is 12.8 Å². The summed E-state index contributed by atoms with van der Waals surface area (Å²) in [6, 6.07) is 11.0. The summed E-state index contributed by atoms with van der Waals surface area (Å²) in [6.45, 7) is 2.49. The average Bonchev–Trinajstić information content (AvgIpc) is 3.57. The maximum Gasteiger partial charge on any atom is 0.258 e. The third-order valence-corrected chi connectivity index (χ3v) is 8.25. The molecule has 2 heterocycles. The lowest BCUT2D eigenvalue weighted by Gasteiger charge is -2.17. The molecule has 0 radical (unpaired) electrons. The van der Waals surface area contributed by atoms with Crippen LogP contribution in [0.5, 0.6) is 0 Å². The summed E-state index contributed by atoms with van der Waals surface area (Å²) < 4.78 is 28.7. The van der Waals surface area contributed by atoms with Crippen LogP contribution >= 0.6 is 0 Å². The highest BCUT2D eigenvalue weighted by atomic mass is 32.2. The van der Waals surface area contributed by atoms with Gasteiger partial charge in [-0.2, -0.15) is 5.10 Å². The van der Waals surface area contributed by atoms with Gasteiger partial charge < -0.3 is 9.88 Å². The lowest BCUT2D eigenvalue weighted by molar-refractivity contribution is 0.597. The topological polar surface area (TPSA) is 86.0 Å². The maximum atomic E-state index is 13.0. The molecular weight excluding hydrogens is 448 g/mol. The van der Waals surface area contributed by atoms with E-state index in [1.54, 1.807) is 47.7 Å². The minimum atomic E-state index is -3.39. The number of sulfone groups is 1. The lowest BCUT2D eigenvalue weighted by atomic mass is 9.96. The van der Waals surface area contributed by atoms with Crippen LogP contribution in [-0.4, -0.2) is 35.1 Å². The van der Waals surface area contributed by atoms with Gasteiger partial charge in [0, 0.05) is 60.8 Å². The number of hydrogen-bond donors (Lipinski definition) is 1. The van der Waals surface area contributed by atoms with E-state index >= 15 is 0 Å². The van der Waals surface area contributed by atoms with Crippen molar-refractivity contribution in [3.05, 3.63) is 65.3 Å². The van der Waals surface area contributed by atoms with Crippen molar-refractivity contribution in [1.82, 2.24) is 14.3 Å². The quantitative estimate of drug-likeness (QED) is 0.432. The molecule has 0 saturated heterocycles. The summed E-state index contributed by atoms with van der Waals surface area (Å²) in [5.41, 5.74) is 4.26. The van der Waals surface area contributed by atoms with Crippen molar-refractivity contribution in [1.29, 1.82) is 0 Å². The summed E-state index contributed by atoms with van der Waals surface area (Å²) >= 11 is 0. The molecule has 1 N–H and O–H groups in total. The average molecular weight is 477 g/mol.